The zero-order valence-corrected chi connectivity index (χ0v) is 19.3. The highest BCUT2D eigenvalue weighted by molar-refractivity contribution is 5.83. The molecule has 33 heavy (non-hydrogen) atoms. The molecule has 0 amide bonds. The van der Waals surface area contributed by atoms with Crippen molar-refractivity contribution < 1.29 is 0 Å². The van der Waals surface area contributed by atoms with Gasteiger partial charge in [-0.25, -0.2) is 4.98 Å². The molecule has 4 nitrogen and oxygen atoms in total. The number of rotatable bonds is 5. The fourth-order valence-electron chi connectivity index (χ4n) is 4.24. The van der Waals surface area contributed by atoms with Crippen LogP contribution in [0.2, 0.25) is 0 Å². The van der Waals surface area contributed by atoms with Crippen LogP contribution in [0.15, 0.2) is 96.0 Å². The van der Waals surface area contributed by atoms with Gasteiger partial charge in [0.05, 0.1) is 33.5 Å². The van der Waals surface area contributed by atoms with E-state index in [-0.39, 0.29) is 6.04 Å². The van der Waals surface area contributed by atoms with Crippen LogP contribution in [0, 0.1) is 6.92 Å². The van der Waals surface area contributed by atoms with Crippen LogP contribution < -0.4 is 10.7 Å². The monoisotopic (exact) mass is 432 g/mol. The average molecular weight is 433 g/mol. The summed E-state index contributed by atoms with van der Waals surface area (Å²) in [5, 5.41) is 4.57. The Morgan fingerprint density at radius 1 is 0.879 bits per heavy atom. The van der Waals surface area contributed by atoms with Gasteiger partial charge in [-0.2, -0.15) is 0 Å². The number of hydrogen-bond donors (Lipinski definition) is 1. The van der Waals surface area contributed by atoms with Gasteiger partial charge in [0.15, 0.2) is 0 Å². The molecule has 1 heterocycles. The van der Waals surface area contributed by atoms with Crippen molar-refractivity contribution in [2.45, 2.75) is 33.4 Å². The molecular weight excluding hydrogens is 404 g/mol. The van der Waals surface area contributed by atoms with Crippen LogP contribution in [0.5, 0.6) is 0 Å². The predicted octanol–water partition coefficient (Wildman–Crippen LogP) is 6.36. The highest BCUT2D eigenvalue weighted by Gasteiger charge is 2.16. The van der Waals surface area contributed by atoms with Gasteiger partial charge < -0.3 is 9.88 Å². The van der Waals surface area contributed by atoms with Crippen molar-refractivity contribution in [3.05, 3.63) is 107 Å². The summed E-state index contributed by atoms with van der Waals surface area (Å²) < 4.78 is 2.28. The lowest BCUT2D eigenvalue weighted by Gasteiger charge is -2.20. The summed E-state index contributed by atoms with van der Waals surface area (Å²) in [5.41, 5.74) is 8.64. The summed E-state index contributed by atoms with van der Waals surface area (Å²) in [7, 11) is 0. The van der Waals surface area contributed by atoms with E-state index in [1.165, 1.54) is 11.1 Å². The Morgan fingerprint density at radius 3 is 2.45 bits per heavy atom. The number of aryl methyl sites for hydroxylation is 1. The third kappa shape index (κ3) is 4.37. The topological polar surface area (TPSA) is 42.2 Å². The highest BCUT2D eigenvalue weighted by Crippen LogP contribution is 2.29. The van der Waals surface area contributed by atoms with Crippen molar-refractivity contribution in [1.82, 2.24) is 9.55 Å². The van der Waals surface area contributed by atoms with E-state index in [0.29, 0.717) is 0 Å². The van der Waals surface area contributed by atoms with Gasteiger partial charge >= 0.3 is 0 Å². The van der Waals surface area contributed by atoms with E-state index in [9.17, 15) is 0 Å². The number of benzene rings is 4. The maximum Gasteiger partial charge on any atom is 0.0900 e. The Balaban J connectivity index is 1.72. The van der Waals surface area contributed by atoms with Crippen LogP contribution in [0.3, 0.4) is 0 Å². The van der Waals surface area contributed by atoms with Gasteiger partial charge in [-0.3, -0.25) is 4.99 Å². The van der Waals surface area contributed by atoms with Crippen molar-refractivity contribution in [2.75, 3.05) is 5.32 Å². The van der Waals surface area contributed by atoms with Crippen molar-refractivity contribution in [3.63, 3.8) is 0 Å². The van der Waals surface area contributed by atoms with Gasteiger partial charge in [-0.05, 0) is 62.7 Å². The number of aromatic nitrogens is 2. The van der Waals surface area contributed by atoms with Gasteiger partial charge in [0, 0.05) is 18.3 Å². The summed E-state index contributed by atoms with van der Waals surface area (Å²) >= 11 is 0. The molecule has 0 radical (unpaired) electrons. The van der Waals surface area contributed by atoms with Crippen LogP contribution in [0.4, 0.5) is 5.69 Å². The number of nitrogens with one attached hydrogen (secondary N) is 1. The molecule has 0 saturated carbocycles. The Morgan fingerprint density at radius 2 is 1.67 bits per heavy atom. The van der Waals surface area contributed by atoms with Crippen molar-refractivity contribution in [3.8, 4) is 17.1 Å². The zero-order chi connectivity index (χ0) is 22.8. The molecule has 164 valence electrons. The van der Waals surface area contributed by atoms with E-state index >= 15 is 0 Å². The Hall–Kier alpha value is -3.92. The second-order valence-electron chi connectivity index (χ2n) is 8.70. The van der Waals surface area contributed by atoms with Crippen LogP contribution in [0.1, 0.15) is 25.0 Å². The zero-order valence-electron chi connectivity index (χ0n) is 19.3. The van der Waals surface area contributed by atoms with E-state index in [2.05, 4.69) is 110 Å². The summed E-state index contributed by atoms with van der Waals surface area (Å²) in [6, 6.07) is 31.8. The third-order valence-electron chi connectivity index (χ3n) is 5.67. The molecule has 0 saturated heterocycles. The molecule has 0 fully saturated rings. The first kappa shape index (κ1) is 21.0. The van der Waals surface area contributed by atoms with Gasteiger partial charge in [-0.15, -0.1) is 0 Å². The molecule has 3 aromatic carbocycles. The maximum atomic E-state index is 5.01. The number of fused-ring (bicyclic) bond motifs is 2. The maximum absolute atomic E-state index is 5.01. The molecule has 3 aromatic rings. The lowest BCUT2D eigenvalue weighted by Crippen LogP contribution is -2.18. The summed E-state index contributed by atoms with van der Waals surface area (Å²) in [6.07, 6.45) is 0. The van der Waals surface area contributed by atoms with Crippen LogP contribution in [0.25, 0.3) is 28.1 Å². The SMILES string of the molecule is Cc1cccc(CNc2cc3nc4ccccc4n(-c4ccccc4)c-3cc2=NC(C)C)c1. The molecule has 1 N–H and O–H groups in total. The molecular formula is C29H28N4. The van der Waals surface area contributed by atoms with Crippen molar-refractivity contribution >= 4 is 16.7 Å². The first-order chi connectivity index (χ1) is 16.1. The third-order valence-corrected chi connectivity index (χ3v) is 5.67. The van der Waals surface area contributed by atoms with Gasteiger partial charge in [0.25, 0.3) is 0 Å². The largest absolute Gasteiger partial charge is 0.379 e. The number of nitrogens with zero attached hydrogens (tertiary/aromatic N) is 3. The number of hydrogen-bond acceptors (Lipinski definition) is 3. The summed E-state index contributed by atoms with van der Waals surface area (Å²) in [4.78, 5) is 9.96. The smallest absolute Gasteiger partial charge is 0.0900 e. The van der Waals surface area contributed by atoms with Crippen LogP contribution in [-0.2, 0) is 6.54 Å². The first-order valence-corrected chi connectivity index (χ1v) is 11.4. The molecule has 0 bridgehead atoms. The van der Waals surface area contributed by atoms with E-state index in [1.807, 2.05) is 12.1 Å². The molecule has 1 aliphatic heterocycles. The average Bonchev–Trinajstić information content (AvgIpc) is 2.81. The molecule has 4 heteroatoms. The quantitative estimate of drug-likeness (QED) is 0.328. The predicted molar refractivity (Wildman–Crippen MR) is 137 cm³/mol. The molecule has 0 spiro atoms. The minimum atomic E-state index is 0.181. The van der Waals surface area contributed by atoms with E-state index in [0.717, 1.165) is 45.7 Å². The van der Waals surface area contributed by atoms with Crippen LogP contribution >= 0.6 is 0 Å². The molecule has 1 aliphatic carbocycles. The summed E-state index contributed by atoms with van der Waals surface area (Å²) in [5.74, 6) is 0. The Bertz CT molecular complexity index is 1450. The number of para-hydroxylation sites is 3. The molecule has 2 aliphatic rings. The van der Waals surface area contributed by atoms with Crippen LogP contribution in [-0.4, -0.2) is 15.6 Å². The van der Waals surface area contributed by atoms with E-state index in [1.54, 1.807) is 0 Å². The fraction of sp³-hybridized carbons (Fsp3) is 0.172. The second-order valence-corrected chi connectivity index (χ2v) is 8.70. The van der Waals surface area contributed by atoms with Gasteiger partial charge in [0.2, 0.25) is 0 Å². The normalized spacial score (nSPS) is 12.1. The Kier molecular flexibility index (Phi) is 5.66. The van der Waals surface area contributed by atoms with Crippen molar-refractivity contribution in [1.29, 1.82) is 0 Å². The lowest BCUT2D eigenvalue weighted by atomic mass is 10.1. The highest BCUT2D eigenvalue weighted by atomic mass is 15.0. The summed E-state index contributed by atoms with van der Waals surface area (Å²) in [6.45, 7) is 7.08. The standard InChI is InChI=1S/C29H28N4/c1-20(2)31-26-18-29-27(17-25(26)30-19-22-11-9-10-21(3)16-22)32-24-14-7-8-15-28(24)33(29)23-12-5-4-6-13-23/h4-18,20,30H,19H2,1-3H3. The van der Waals surface area contributed by atoms with Gasteiger partial charge in [0.1, 0.15) is 0 Å². The molecule has 5 rings (SSSR count). The number of anilines is 1. The van der Waals surface area contributed by atoms with Crippen molar-refractivity contribution in [2.24, 2.45) is 4.99 Å². The lowest BCUT2D eigenvalue weighted by molar-refractivity contribution is 0.805. The molecule has 0 aromatic heterocycles. The minimum absolute atomic E-state index is 0.181. The van der Waals surface area contributed by atoms with Gasteiger partial charge in [-0.1, -0.05) is 60.2 Å². The van der Waals surface area contributed by atoms with E-state index in [4.69, 9.17) is 9.98 Å². The molecule has 0 atom stereocenters. The fourth-order valence-corrected chi connectivity index (χ4v) is 4.24. The first-order valence-electron chi connectivity index (χ1n) is 11.4. The Labute approximate surface area is 194 Å². The second kappa shape index (κ2) is 8.91. The minimum Gasteiger partial charge on any atom is -0.379 e. The van der Waals surface area contributed by atoms with E-state index < -0.39 is 0 Å². The molecule has 0 unspecified atom stereocenters.